The number of benzene rings is 1. The Morgan fingerprint density at radius 3 is 2.63 bits per heavy atom. The Kier molecular flexibility index (Phi) is 9.72. The molecule has 1 aromatic carbocycles. The second-order valence-corrected chi connectivity index (χ2v) is 5.33. The van der Waals surface area contributed by atoms with Crippen LogP contribution in [0.3, 0.4) is 0 Å². The van der Waals surface area contributed by atoms with E-state index in [1.165, 1.54) is 0 Å². The normalized spacial score (nSPS) is 15.0. The lowest BCUT2D eigenvalue weighted by molar-refractivity contribution is -0.117. The number of rotatable bonds is 3. The first-order chi connectivity index (χ1) is 8.24. The van der Waals surface area contributed by atoms with Gasteiger partial charge in [-0.15, -0.1) is 24.8 Å². The van der Waals surface area contributed by atoms with Gasteiger partial charge in [0.05, 0.1) is 6.54 Å². The average molecular weight is 418 g/mol. The van der Waals surface area contributed by atoms with Crippen molar-refractivity contribution < 1.29 is 4.79 Å². The van der Waals surface area contributed by atoms with Gasteiger partial charge in [-0.05, 0) is 40.8 Å². The van der Waals surface area contributed by atoms with Crippen LogP contribution < -0.4 is 10.6 Å². The first-order valence-electron chi connectivity index (χ1n) is 5.72. The van der Waals surface area contributed by atoms with Crippen molar-refractivity contribution in [3.05, 3.63) is 27.8 Å². The monoisotopic (exact) mass is 417 g/mol. The minimum absolute atomic E-state index is 0. The van der Waals surface area contributed by atoms with E-state index in [0.29, 0.717) is 6.54 Å². The highest BCUT2D eigenvalue weighted by atomic mass is 127. The Labute approximate surface area is 139 Å². The van der Waals surface area contributed by atoms with Gasteiger partial charge < -0.3 is 10.6 Å². The summed E-state index contributed by atoms with van der Waals surface area (Å²) in [5, 5.41) is 6.19. The van der Waals surface area contributed by atoms with E-state index in [0.717, 1.165) is 35.4 Å². The fraction of sp³-hybridized carbons (Fsp3) is 0.417. The van der Waals surface area contributed by atoms with E-state index < -0.39 is 0 Å². The zero-order valence-electron chi connectivity index (χ0n) is 10.4. The molecule has 0 radical (unpaired) electrons. The minimum atomic E-state index is 0. The standard InChI is InChI=1S/C12H16IN3O.2ClH/c13-10-2-1-3-11(8-10)15-12(17)9-16-6-4-14-5-7-16;;/h1-3,8,14H,4-7,9H2,(H,15,17);2*1H. The molecule has 7 heteroatoms. The van der Waals surface area contributed by atoms with Crippen molar-refractivity contribution in [2.45, 2.75) is 0 Å². The predicted octanol–water partition coefficient (Wildman–Crippen LogP) is 1.98. The summed E-state index contributed by atoms with van der Waals surface area (Å²) in [6, 6.07) is 7.84. The summed E-state index contributed by atoms with van der Waals surface area (Å²) in [6.07, 6.45) is 0. The van der Waals surface area contributed by atoms with Crippen LogP contribution >= 0.6 is 47.4 Å². The smallest absolute Gasteiger partial charge is 0.238 e. The molecule has 19 heavy (non-hydrogen) atoms. The minimum Gasteiger partial charge on any atom is -0.325 e. The van der Waals surface area contributed by atoms with Gasteiger partial charge in [-0.3, -0.25) is 9.69 Å². The lowest BCUT2D eigenvalue weighted by atomic mass is 10.3. The zero-order valence-corrected chi connectivity index (χ0v) is 14.2. The van der Waals surface area contributed by atoms with Crippen molar-refractivity contribution in [1.29, 1.82) is 0 Å². The number of amides is 1. The van der Waals surface area contributed by atoms with E-state index in [4.69, 9.17) is 0 Å². The molecule has 1 amide bonds. The molecule has 4 nitrogen and oxygen atoms in total. The highest BCUT2D eigenvalue weighted by Crippen LogP contribution is 2.12. The molecule has 0 aromatic heterocycles. The van der Waals surface area contributed by atoms with Crippen LogP contribution in [0.15, 0.2) is 24.3 Å². The molecule has 0 bridgehead atoms. The number of carbonyl (C=O) groups is 1. The molecule has 0 spiro atoms. The third kappa shape index (κ3) is 6.76. The summed E-state index contributed by atoms with van der Waals surface area (Å²) in [6.45, 7) is 4.31. The maximum atomic E-state index is 11.8. The third-order valence-electron chi connectivity index (χ3n) is 2.69. The summed E-state index contributed by atoms with van der Waals surface area (Å²) >= 11 is 2.24. The molecule has 0 aliphatic carbocycles. The van der Waals surface area contributed by atoms with E-state index in [-0.39, 0.29) is 30.7 Å². The number of hydrogen-bond donors (Lipinski definition) is 2. The molecule has 1 aromatic rings. The molecule has 0 saturated carbocycles. The number of carbonyl (C=O) groups excluding carboxylic acids is 1. The number of nitrogens with zero attached hydrogens (tertiary/aromatic N) is 1. The quantitative estimate of drug-likeness (QED) is 0.739. The van der Waals surface area contributed by atoms with Crippen LogP contribution in [0, 0.1) is 3.57 Å². The molecule has 0 atom stereocenters. The summed E-state index contributed by atoms with van der Waals surface area (Å²) in [7, 11) is 0. The Hall–Kier alpha value is -0.0800. The Balaban J connectivity index is 0.00000162. The Morgan fingerprint density at radius 2 is 2.00 bits per heavy atom. The van der Waals surface area contributed by atoms with Crippen LogP contribution in [0.25, 0.3) is 0 Å². The molecule has 108 valence electrons. The van der Waals surface area contributed by atoms with E-state index in [1.807, 2.05) is 24.3 Å². The maximum Gasteiger partial charge on any atom is 0.238 e. The largest absolute Gasteiger partial charge is 0.325 e. The van der Waals surface area contributed by atoms with Crippen molar-refractivity contribution >= 4 is 59.0 Å². The van der Waals surface area contributed by atoms with Gasteiger partial charge in [0.25, 0.3) is 0 Å². The second kappa shape index (κ2) is 9.77. The van der Waals surface area contributed by atoms with Gasteiger partial charge in [-0.1, -0.05) is 6.07 Å². The Morgan fingerprint density at radius 1 is 1.32 bits per heavy atom. The molecule has 2 N–H and O–H groups in total. The zero-order chi connectivity index (χ0) is 12.1. The van der Waals surface area contributed by atoms with Crippen LogP contribution in [-0.2, 0) is 4.79 Å². The molecule has 1 aliphatic rings. The average Bonchev–Trinajstić information content (AvgIpc) is 2.30. The van der Waals surface area contributed by atoms with Gasteiger partial charge in [0.15, 0.2) is 0 Å². The van der Waals surface area contributed by atoms with Gasteiger partial charge in [0, 0.05) is 35.4 Å². The van der Waals surface area contributed by atoms with Crippen molar-refractivity contribution in [3.8, 4) is 0 Å². The summed E-state index contributed by atoms with van der Waals surface area (Å²) < 4.78 is 1.13. The second-order valence-electron chi connectivity index (χ2n) is 4.08. The van der Waals surface area contributed by atoms with Crippen LogP contribution in [0.5, 0.6) is 0 Å². The molecule has 0 unspecified atom stereocenters. The fourth-order valence-electron chi connectivity index (χ4n) is 1.84. The predicted molar refractivity (Wildman–Crippen MR) is 91.6 cm³/mol. The lowest BCUT2D eigenvalue weighted by Gasteiger charge is -2.26. The SMILES string of the molecule is Cl.Cl.O=C(CN1CCNCC1)Nc1cccc(I)c1. The Bertz CT molecular complexity index is 400. The lowest BCUT2D eigenvalue weighted by Crippen LogP contribution is -2.46. The van der Waals surface area contributed by atoms with Crippen molar-refractivity contribution in [3.63, 3.8) is 0 Å². The van der Waals surface area contributed by atoms with Crippen LogP contribution in [-0.4, -0.2) is 43.5 Å². The third-order valence-corrected chi connectivity index (χ3v) is 3.36. The van der Waals surface area contributed by atoms with Crippen LogP contribution in [0.4, 0.5) is 5.69 Å². The summed E-state index contributed by atoms with van der Waals surface area (Å²) in [5.74, 6) is 0.0638. The number of piperazine rings is 1. The molecule has 1 saturated heterocycles. The molecular weight excluding hydrogens is 400 g/mol. The van der Waals surface area contributed by atoms with Crippen molar-refractivity contribution in [2.24, 2.45) is 0 Å². The molecule has 1 aliphatic heterocycles. The number of halogens is 3. The molecular formula is C12H18Cl2IN3O. The van der Waals surface area contributed by atoms with E-state index in [9.17, 15) is 4.79 Å². The van der Waals surface area contributed by atoms with E-state index >= 15 is 0 Å². The van der Waals surface area contributed by atoms with Gasteiger partial charge in [-0.25, -0.2) is 0 Å². The molecule has 2 rings (SSSR count). The number of hydrogen-bond acceptors (Lipinski definition) is 3. The summed E-state index contributed by atoms with van der Waals surface area (Å²) in [5.41, 5.74) is 0.872. The van der Waals surface area contributed by atoms with Crippen molar-refractivity contribution in [1.82, 2.24) is 10.2 Å². The van der Waals surface area contributed by atoms with Gasteiger partial charge >= 0.3 is 0 Å². The first-order valence-corrected chi connectivity index (χ1v) is 6.80. The van der Waals surface area contributed by atoms with Gasteiger partial charge in [0.1, 0.15) is 0 Å². The highest BCUT2D eigenvalue weighted by Gasteiger charge is 2.13. The van der Waals surface area contributed by atoms with Gasteiger partial charge in [-0.2, -0.15) is 0 Å². The van der Waals surface area contributed by atoms with E-state index in [1.54, 1.807) is 0 Å². The fourth-order valence-corrected chi connectivity index (χ4v) is 2.38. The topological polar surface area (TPSA) is 44.4 Å². The number of nitrogens with one attached hydrogen (secondary N) is 2. The van der Waals surface area contributed by atoms with Gasteiger partial charge in [0.2, 0.25) is 5.91 Å². The van der Waals surface area contributed by atoms with Crippen LogP contribution in [0.2, 0.25) is 0 Å². The van der Waals surface area contributed by atoms with E-state index in [2.05, 4.69) is 38.1 Å². The maximum absolute atomic E-state index is 11.8. The molecule has 1 heterocycles. The molecule has 1 fully saturated rings. The first kappa shape index (κ1) is 18.9. The highest BCUT2D eigenvalue weighted by molar-refractivity contribution is 14.1. The summed E-state index contributed by atoms with van der Waals surface area (Å²) in [4.78, 5) is 14.0. The van der Waals surface area contributed by atoms with Crippen LogP contribution in [0.1, 0.15) is 0 Å². The number of anilines is 1. The van der Waals surface area contributed by atoms with Crippen molar-refractivity contribution in [2.75, 3.05) is 38.0 Å².